The number of para-hydroxylation sites is 1. The molecule has 4 rings (SSSR count). The highest BCUT2D eigenvalue weighted by atomic mass is 32.2. The number of anilines is 1. The molecule has 1 unspecified atom stereocenters. The van der Waals surface area contributed by atoms with Gasteiger partial charge in [-0.25, -0.2) is 13.6 Å². The van der Waals surface area contributed by atoms with Gasteiger partial charge >= 0.3 is 0 Å². The number of carbonyl (C=O) groups excluding carboxylic acids is 1. The molecule has 1 aromatic heterocycles. The second-order valence-electron chi connectivity index (χ2n) is 8.23. The predicted molar refractivity (Wildman–Crippen MR) is 123 cm³/mol. The highest BCUT2D eigenvalue weighted by molar-refractivity contribution is 7.89. The average Bonchev–Trinajstić information content (AvgIpc) is 3.03. The van der Waals surface area contributed by atoms with Crippen LogP contribution in [0.15, 0.2) is 59.5 Å². The van der Waals surface area contributed by atoms with Crippen LogP contribution in [0.3, 0.4) is 0 Å². The second kappa shape index (κ2) is 7.98. The van der Waals surface area contributed by atoms with Crippen LogP contribution in [-0.4, -0.2) is 31.4 Å². The Kier molecular flexibility index (Phi) is 5.49. The Bertz CT molecular complexity index is 1240. The predicted octanol–water partition coefficient (Wildman–Crippen LogP) is 3.77. The summed E-state index contributed by atoms with van der Waals surface area (Å²) in [5.74, 6) is 0.0732. The van der Waals surface area contributed by atoms with Crippen molar-refractivity contribution < 1.29 is 13.2 Å². The van der Waals surface area contributed by atoms with Gasteiger partial charge in [0.15, 0.2) is 5.78 Å². The number of aromatic nitrogens is 1. The molecule has 1 atom stereocenters. The highest BCUT2D eigenvalue weighted by Crippen LogP contribution is 2.31. The van der Waals surface area contributed by atoms with Crippen molar-refractivity contribution in [1.29, 1.82) is 0 Å². The van der Waals surface area contributed by atoms with E-state index in [4.69, 9.17) is 5.14 Å². The fourth-order valence-electron chi connectivity index (χ4n) is 4.47. The van der Waals surface area contributed by atoms with Gasteiger partial charge in [0.2, 0.25) is 10.0 Å². The van der Waals surface area contributed by atoms with Gasteiger partial charge in [0.1, 0.15) is 0 Å². The lowest BCUT2D eigenvalue weighted by Crippen LogP contribution is -2.41. The Hall–Kier alpha value is -2.90. The third kappa shape index (κ3) is 4.03. The summed E-state index contributed by atoms with van der Waals surface area (Å²) in [6.45, 7) is 6.35. The molecule has 162 valence electrons. The van der Waals surface area contributed by atoms with Gasteiger partial charge in [-0.05, 0) is 75.6 Å². The first-order valence-electron chi connectivity index (χ1n) is 10.4. The average molecular weight is 438 g/mol. The fourth-order valence-corrected chi connectivity index (χ4v) is 4.98. The summed E-state index contributed by atoms with van der Waals surface area (Å²) >= 11 is 0. The van der Waals surface area contributed by atoms with Gasteiger partial charge in [-0.3, -0.25) is 4.79 Å². The van der Waals surface area contributed by atoms with Gasteiger partial charge in [-0.15, -0.1) is 0 Å². The SMILES string of the molecule is Cc1cc(C(=O)CN2c3ccccc3CCC2C)c(C)n1-c1ccc(S(N)(=O)=O)cc1. The first kappa shape index (κ1) is 21.3. The van der Waals surface area contributed by atoms with Crippen molar-refractivity contribution in [3.8, 4) is 5.69 Å². The Morgan fingerprint density at radius 1 is 1.10 bits per heavy atom. The van der Waals surface area contributed by atoms with Crippen LogP contribution in [-0.2, 0) is 16.4 Å². The number of rotatable bonds is 5. The molecule has 1 aliphatic heterocycles. The minimum Gasteiger partial charge on any atom is -0.361 e. The zero-order valence-electron chi connectivity index (χ0n) is 18.0. The van der Waals surface area contributed by atoms with Gasteiger partial charge in [0.05, 0.1) is 11.4 Å². The standard InChI is InChI=1S/C24H27N3O3S/c1-16-8-9-19-6-4-5-7-23(19)26(16)15-24(28)22-14-17(2)27(18(22)3)20-10-12-21(13-11-20)31(25,29)30/h4-7,10-14,16H,8-9,15H2,1-3H3,(H2,25,29,30). The van der Waals surface area contributed by atoms with Crippen molar-refractivity contribution in [3.63, 3.8) is 0 Å². The molecule has 0 spiro atoms. The highest BCUT2D eigenvalue weighted by Gasteiger charge is 2.26. The molecule has 2 heterocycles. The van der Waals surface area contributed by atoms with Crippen LogP contribution >= 0.6 is 0 Å². The van der Waals surface area contributed by atoms with Crippen LogP contribution in [0.1, 0.15) is 40.7 Å². The van der Waals surface area contributed by atoms with Gasteiger partial charge in [-0.1, -0.05) is 18.2 Å². The number of benzene rings is 2. The number of primary sulfonamides is 1. The lowest BCUT2D eigenvalue weighted by atomic mass is 9.96. The van der Waals surface area contributed by atoms with E-state index in [2.05, 4.69) is 24.0 Å². The molecule has 1 aliphatic rings. The van der Waals surface area contributed by atoms with Crippen LogP contribution in [0.5, 0.6) is 0 Å². The smallest absolute Gasteiger partial charge is 0.238 e. The molecule has 0 saturated heterocycles. The zero-order chi connectivity index (χ0) is 22.3. The van der Waals surface area contributed by atoms with Crippen molar-refractivity contribution in [2.45, 2.75) is 44.6 Å². The topological polar surface area (TPSA) is 85.4 Å². The first-order chi connectivity index (χ1) is 14.7. The van der Waals surface area contributed by atoms with E-state index >= 15 is 0 Å². The van der Waals surface area contributed by atoms with Gasteiger partial charge in [0, 0.05) is 34.4 Å². The van der Waals surface area contributed by atoms with Gasteiger partial charge < -0.3 is 9.47 Å². The molecule has 0 fully saturated rings. The number of sulfonamides is 1. The molecule has 7 heteroatoms. The number of hydrogen-bond acceptors (Lipinski definition) is 4. The van der Waals surface area contributed by atoms with Crippen LogP contribution < -0.4 is 10.0 Å². The number of aryl methyl sites for hydroxylation is 2. The summed E-state index contributed by atoms with van der Waals surface area (Å²) in [7, 11) is -3.75. The molecule has 0 aliphatic carbocycles. The lowest BCUT2D eigenvalue weighted by Gasteiger charge is -2.36. The van der Waals surface area contributed by atoms with E-state index in [1.54, 1.807) is 12.1 Å². The Morgan fingerprint density at radius 2 is 1.77 bits per heavy atom. The quantitative estimate of drug-likeness (QED) is 0.616. The number of ketones is 1. The van der Waals surface area contributed by atoms with E-state index in [1.165, 1.54) is 17.7 Å². The van der Waals surface area contributed by atoms with Crippen molar-refractivity contribution in [2.24, 2.45) is 5.14 Å². The molecule has 0 saturated carbocycles. The number of fused-ring (bicyclic) bond motifs is 1. The van der Waals surface area contributed by atoms with Gasteiger partial charge in [0.25, 0.3) is 0 Å². The van der Waals surface area contributed by atoms with E-state index in [0.29, 0.717) is 18.2 Å². The Labute approximate surface area is 183 Å². The maximum atomic E-state index is 13.3. The summed E-state index contributed by atoms with van der Waals surface area (Å²) < 4.78 is 25.0. The Balaban J connectivity index is 1.64. The first-order valence-corrected chi connectivity index (χ1v) is 11.9. The Morgan fingerprint density at radius 3 is 2.45 bits per heavy atom. The number of hydrogen-bond donors (Lipinski definition) is 1. The monoisotopic (exact) mass is 437 g/mol. The van der Waals surface area contributed by atoms with E-state index in [0.717, 1.165) is 35.6 Å². The summed E-state index contributed by atoms with van der Waals surface area (Å²) in [5.41, 5.74) is 5.65. The maximum Gasteiger partial charge on any atom is 0.238 e. The van der Waals surface area contributed by atoms with Crippen molar-refractivity contribution >= 4 is 21.5 Å². The summed E-state index contributed by atoms with van der Waals surface area (Å²) in [6, 6.07) is 16.9. The molecule has 6 nitrogen and oxygen atoms in total. The molecular formula is C24H27N3O3S. The second-order valence-corrected chi connectivity index (χ2v) is 9.79. The van der Waals surface area contributed by atoms with E-state index in [9.17, 15) is 13.2 Å². The molecule has 31 heavy (non-hydrogen) atoms. The largest absolute Gasteiger partial charge is 0.361 e. The number of nitrogens with zero attached hydrogens (tertiary/aromatic N) is 2. The van der Waals surface area contributed by atoms with Crippen molar-refractivity contribution in [2.75, 3.05) is 11.4 Å². The third-order valence-electron chi connectivity index (χ3n) is 6.13. The van der Waals surface area contributed by atoms with Crippen LogP contribution in [0, 0.1) is 13.8 Å². The molecule has 0 bridgehead atoms. The van der Waals surface area contributed by atoms with E-state index < -0.39 is 10.0 Å². The molecule has 3 aromatic rings. The van der Waals surface area contributed by atoms with Crippen LogP contribution in [0.4, 0.5) is 5.69 Å². The molecule has 0 radical (unpaired) electrons. The summed E-state index contributed by atoms with van der Waals surface area (Å²) in [4.78, 5) is 15.6. The number of Topliss-reactive ketones (excluding diaryl/α,β-unsaturated/α-hetero) is 1. The summed E-state index contributed by atoms with van der Waals surface area (Å²) in [6.07, 6.45) is 2.06. The van der Waals surface area contributed by atoms with Crippen molar-refractivity contribution in [3.05, 3.63) is 77.1 Å². The van der Waals surface area contributed by atoms with Crippen LogP contribution in [0.2, 0.25) is 0 Å². The minimum atomic E-state index is -3.75. The molecule has 2 aromatic carbocycles. The molecular weight excluding hydrogens is 410 g/mol. The van der Waals surface area contributed by atoms with E-state index in [-0.39, 0.29) is 10.7 Å². The lowest BCUT2D eigenvalue weighted by molar-refractivity contribution is 0.0995. The molecule has 0 amide bonds. The maximum absolute atomic E-state index is 13.3. The fraction of sp³-hybridized carbons (Fsp3) is 0.292. The number of carbonyl (C=O) groups is 1. The minimum absolute atomic E-state index is 0.0627. The van der Waals surface area contributed by atoms with Crippen LogP contribution in [0.25, 0.3) is 5.69 Å². The van der Waals surface area contributed by atoms with Crippen molar-refractivity contribution in [1.82, 2.24) is 4.57 Å². The normalized spacial score (nSPS) is 16.3. The van der Waals surface area contributed by atoms with E-state index in [1.807, 2.05) is 36.6 Å². The third-order valence-corrected chi connectivity index (χ3v) is 7.06. The number of nitrogens with two attached hydrogens (primary N) is 1. The summed E-state index contributed by atoms with van der Waals surface area (Å²) in [5, 5.41) is 5.20. The van der Waals surface area contributed by atoms with Gasteiger partial charge in [-0.2, -0.15) is 0 Å². The zero-order valence-corrected chi connectivity index (χ0v) is 18.8. The molecule has 2 N–H and O–H groups in total.